The molecular weight excluding hydrogens is 280 g/mol. The van der Waals surface area contributed by atoms with Crippen LogP contribution in [0.1, 0.15) is 24.2 Å². The van der Waals surface area contributed by atoms with Gasteiger partial charge in [0.25, 0.3) is 5.91 Å². The molecule has 0 aliphatic carbocycles. The van der Waals surface area contributed by atoms with Crippen molar-refractivity contribution in [2.24, 2.45) is 0 Å². The zero-order chi connectivity index (χ0) is 16.1. The molecule has 2 N–H and O–H groups in total. The van der Waals surface area contributed by atoms with Crippen LogP contribution in [0.4, 0.5) is 11.4 Å². The van der Waals surface area contributed by atoms with Gasteiger partial charge < -0.3 is 20.4 Å². The maximum atomic E-state index is 12.2. The van der Waals surface area contributed by atoms with Gasteiger partial charge in [-0.05, 0) is 31.3 Å². The number of likely N-dealkylation sites (N-methyl/N-ethyl adjacent to an activating group) is 2. The van der Waals surface area contributed by atoms with Crippen molar-refractivity contribution < 1.29 is 9.59 Å². The first-order chi connectivity index (χ1) is 10.5. The highest BCUT2D eigenvalue weighted by Crippen LogP contribution is 2.29. The van der Waals surface area contributed by atoms with E-state index in [0.29, 0.717) is 24.3 Å². The van der Waals surface area contributed by atoms with Crippen molar-refractivity contribution in [3.8, 4) is 0 Å². The highest BCUT2D eigenvalue weighted by Gasteiger charge is 2.20. The Morgan fingerprint density at radius 1 is 1.36 bits per heavy atom. The number of carbonyl (C=O) groups excluding carboxylic acids is 2. The SMILES string of the molecule is CCN(CC)CCNC(=O)c1ccc2c(c1)NC(=O)CN2C. The van der Waals surface area contributed by atoms with Gasteiger partial charge in [-0.15, -0.1) is 0 Å². The molecule has 0 bridgehead atoms. The molecule has 0 saturated heterocycles. The van der Waals surface area contributed by atoms with Gasteiger partial charge in [-0.3, -0.25) is 9.59 Å². The zero-order valence-corrected chi connectivity index (χ0v) is 13.5. The summed E-state index contributed by atoms with van der Waals surface area (Å²) < 4.78 is 0. The number of amides is 2. The first-order valence-corrected chi connectivity index (χ1v) is 7.70. The van der Waals surface area contributed by atoms with Gasteiger partial charge in [-0.1, -0.05) is 13.8 Å². The van der Waals surface area contributed by atoms with Gasteiger partial charge in [0.1, 0.15) is 0 Å². The molecule has 1 aliphatic heterocycles. The second kappa shape index (κ2) is 7.26. The Kier molecular flexibility index (Phi) is 5.38. The minimum atomic E-state index is -0.113. The maximum absolute atomic E-state index is 12.2. The van der Waals surface area contributed by atoms with E-state index in [1.807, 2.05) is 18.0 Å². The predicted molar refractivity (Wildman–Crippen MR) is 88.5 cm³/mol. The Morgan fingerprint density at radius 3 is 2.77 bits per heavy atom. The second-order valence-corrected chi connectivity index (χ2v) is 5.42. The fourth-order valence-electron chi connectivity index (χ4n) is 2.57. The second-order valence-electron chi connectivity index (χ2n) is 5.42. The number of nitrogens with one attached hydrogen (secondary N) is 2. The third kappa shape index (κ3) is 3.76. The van der Waals surface area contributed by atoms with Crippen molar-refractivity contribution in [1.29, 1.82) is 0 Å². The van der Waals surface area contributed by atoms with Gasteiger partial charge in [0, 0.05) is 25.7 Å². The minimum absolute atomic E-state index is 0.0610. The van der Waals surface area contributed by atoms with E-state index >= 15 is 0 Å². The number of benzene rings is 1. The average molecular weight is 304 g/mol. The van der Waals surface area contributed by atoms with Gasteiger partial charge in [0.2, 0.25) is 5.91 Å². The summed E-state index contributed by atoms with van der Waals surface area (Å²) in [7, 11) is 1.86. The Morgan fingerprint density at radius 2 is 2.09 bits per heavy atom. The largest absolute Gasteiger partial charge is 0.364 e. The number of hydrogen-bond acceptors (Lipinski definition) is 4. The van der Waals surface area contributed by atoms with Crippen LogP contribution in [-0.2, 0) is 4.79 Å². The standard InChI is InChI=1S/C16H24N4O2/c1-4-20(5-2)9-8-17-16(22)12-6-7-14-13(10-12)18-15(21)11-19(14)3/h6-7,10H,4-5,8-9,11H2,1-3H3,(H,17,22)(H,18,21). The first-order valence-electron chi connectivity index (χ1n) is 7.70. The molecule has 1 aromatic carbocycles. The maximum Gasteiger partial charge on any atom is 0.251 e. The van der Waals surface area contributed by atoms with Crippen molar-refractivity contribution in [3.63, 3.8) is 0 Å². The number of fused-ring (bicyclic) bond motifs is 1. The van der Waals surface area contributed by atoms with Crippen molar-refractivity contribution in [1.82, 2.24) is 10.2 Å². The summed E-state index contributed by atoms with van der Waals surface area (Å²) >= 11 is 0. The molecule has 6 nitrogen and oxygen atoms in total. The minimum Gasteiger partial charge on any atom is -0.364 e. The van der Waals surface area contributed by atoms with Crippen molar-refractivity contribution in [2.75, 3.05) is 50.0 Å². The molecule has 6 heteroatoms. The lowest BCUT2D eigenvalue weighted by Gasteiger charge is -2.27. The molecule has 2 amide bonds. The van der Waals surface area contributed by atoms with E-state index in [1.54, 1.807) is 12.1 Å². The fraction of sp³-hybridized carbons (Fsp3) is 0.500. The summed E-state index contributed by atoms with van der Waals surface area (Å²) in [4.78, 5) is 27.9. The van der Waals surface area contributed by atoms with E-state index in [9.17, 15) is 9.59 Å². The van der Waals surface area contributed by atoms with Gasteiger partial charge in [-0.25, -0.2) is 0 Å². The van der Waals surface area contributed by atoms with Gasteiger partial charge in [0.05, 0.1) is 17.9 Å². The lowest BCUT2D eigenvalue weighted by Crippen LogP contribution is -2.36. The van der Waals surface area contributed by atoms with Crippen LogP contribution in [-0.4, -0.2) is 56.5 Å². The highest BCUT2D eigenvalue weighted by molar-refractivity contribution is 6.03. The number of rotatable bonds is 6. The van der Waals surface area contributed by atoms with E-state index in [4.69, 9.17) is 0 Å². The van der Waals surface area contributed by atoms with Gasteiger partial charge in [-0.2, -0.15) is 0 Å². The summed E-state index contributed by atoms with van der Waals surface area (Å²) in [5.41, 5.74) is 2.18. The van der Waals surface area contributed by atoms with Crippen molar-refractivity contribution in [2.45, 2.75) is 13.8 Å². The smallest absolute Gasteiger partial charge is 0.251 e. The molecule has 0 saturated carbocycles. The molecule has 1 heterocycles. The van der Waals surface area contributed by atoms with Gasteiger partial charge in [0.15, 0.2) is 0 Å². The quantitative estimate of drug-likeness (QED) is 0.827. The third-order valence-corrected chi connectivity index (χ3v) is 3.93. The lowest BCUT2D eigenvalue weighted by atomic mass is 10.1. The summed E-state index contributed by atoms with van der Waals surface area (Å²) in [6.45, 7) is 7.95. The molecular formula is C16H24N4O2. The van der Waals surface area contributed by atoms with Crippen LogP contribution in [0.2, 0.25) is 0 Å². The van der Waals surface area contributed by atoms with Gasteiger partial charge >= 0.3 is 0 Å². The Balaban J connectivity index is 1.99. The van der Waals surface area contributed by atoms with Crippen molar-refractivity contribution in [3.05, 3.63) is 23.8 Å². The molecule has 1 aliphatic rings. The van der Waals surface area contributed by atoms with Crippen LogP contribution in [0.5, 0.6) is 0 Å². The third-order valence-electron chi connectivity index (χ3n) is 3.93. The van der Waals surface area contributed by atoms with Crippen LogP contribution < -0.4 is 15.5 Å². The number of hydrogen-bond donors (Lipinski definition) is 2. The van der Waals surface area contributed by atoms with Crippen LogP contribution in [0.25, 0.3) is 0 Å². The van der Waals surface area contributed by atoms with E-state index in [-0.39, 0.29) is 11.8 Å². The molecule has 0 radical (unpaired) electrons. The Labute approximate surface area is 131 Å². The Hall–Kier alpha value is -2.08. The molecule has 120 valence electrons. The molecule has 0 atom stereocenters. The zero-order valence-electron chi connectivity index (χ0n) is 13.5. The molecule has 0 unspecified atom stereocenters. The molecule has 0 spiro atoms. The van der Waals surface area contributed by atoms with Crippen LogP contribution in [0.15, 0.2) is 18.2 Å². The average Bonchev–Trinajstić information content (AvgIpc) is 2.50. The number of carbonyl (C=O) groups is 2. The number of nitrogens with zero attached hydrogens (tertiary/aromatic N) is 2. The number of anilines is 2. The fourth-order valence-corrected chi connectivity index (χ4v) is 2.57. The van der Waals surface area contributed by atoms with Crippen molar-refractivity contribution >= 4 is 23.2 Å². The molecule has 1 aromatic rings. The topological polar surface area (TPSA) is 64.7 Å². The van der Waals surface area contributed by atoms with E-state index in [2.05, 4.69) is 29.4 Å². The lowest BCUT2D eigenvalue weighted by molar-refractivity contribution is -0.115. The normalized spacial score (nSPS) is 13.8. The van der Waals surface area contributed by atoms with E-state index in [1.165, 1.54) is 0 Å². The summed E-state index contributed by atoms with van der Waals surface area (Å²) in [5.74, 6) is -0.175. The summed E-state index contributed by atoms with van der Waals surface area (Å²) in [5, 5.41) is 5.73. The summed E-state index contributed by atoms with van der Waals surface area (Å²) in [6, 6.07) is 5.39. The van der Waals surface area contributed by atoms with Crippen LogP contribution in [0, 0.1) is 0 Å². The van der Waals surface area contributed by atoms with Crippen LogP contribution >= 0.6 is 0 Å². The molecule has 2 rings (SSSR count). The van der Waals surface area contributed by atoms with E-state index < -0.39 is 0 Å². The molecule has 0 aromatic heterocycles. The molecule has 22 heavy (non-hydrogen) atoms. The highest BCUT2D eigenvalue weighted by atomic mass is 16.2. The van der Waals surface area contributed by atoms with Crippen LogP contribution in [0.3, 0.4) is 0 Å². The monoisotopic (exact) mass is 304 g/mol. The van der Waals surface area contributed by atoms with E-state index in [0.717, 1.165) is 25.3 Å². The summed E-state index contributed by atoms with van der Waals surface area (Å²) in [6.07, 6.45) is 0. The Bertz CT molecular complexity index is 555. The first kappa shape index (κ1) is 16.3. The molecule has 0 fully saturated rings. The predicted octanol–water partition coefficient (Wildman–Crippen LogP) is 1.15.